The van der Waals surface area contributed by atoms with E-state index in [9.17, 15) is 0 Å². The lowest BCUT2D eigenvalue weighted by molar-refractivity contribution is 0.281. The first kappa shape index (κ1) is 14.0. The first-order valence-corrected chi connectivity index (χ1v) is 7.62. The lowest BCUT2D eigenvalue weighted by atomic mass is 10.0. The molecule has 0 bridgehead atoms. The maximum Gasteiger partial charge on any atom is 0.133 e. The molecule has 0 saturated heterocycles. The average molecular weight is 283 g/mol. The van der Waals surface area contributed by atoms with Crippen LogP contribution < -0.4 is 5.32 Å². The molecule has 0 spiro atoms. The predicted octanol–water partition coefficient (Wildman–Crippen LogP) is 3.28. The number of anilines is 1. The topological polar surface area (TPSA) is 58.0 Å². The summed E-state index contributed by atoms with van der Waals surface area (Å²) < 4.78 is 0. The predicted molar refractivity (Wildman–Crippen MR) is 83.1 cm³/mol. The minimum atomic E-state index is 0.167. The van der Waals surface area contributed by atoms with Crippen molar-refractivity contribution in [2.24, 2.45) is 0 Å². The Labute approximate surface area is 125 Å². The minimum Gasteiger partial charge on any atom is -0.396 e. The Balaban J connectivity index is 1.75. The Bertz CT molecular complexity index is 569. The molecule has 3 rings (SSSR count). The Morgan fingerprint density at radius 3 is 2.71 bits per heavy atom. The maximum atomic E-state index is 9.10. The van der Waals surface area contributed by atoms with Crippen molar-refractivity contribution < 1.29 is 5.11 Å². The lowest BCUT2D eigenvalue weighted by Gasteiger charge is -2.19. The second-order valence-electron chi connectivity index (χ2n) is 5.55. The average Bonchev–Trinajstić information content (AvgIpc) is 3.37. The van der Waals surface area contributed by atoms with Crippen molar-refractivity contribution in [1.82, 2.24) is 9.97 Å². The highest BCUT2D eigenvalue weighted by atomic mass is 16.2. The highest BCUT2D eigenvalue weighted by molar-refractivity contribution is 5.38. The molecule has 110 valence electrons. The molecule has 1 aliphatic carbocycles. The van der Waals surface area contributed by atoms with Gasteiger partial charge in [-0.05, 0) is 37.3 Å². The van der Waals surface area contributed by atoms with Gasteiger partial charge < -0.3 is 10.4 Å². The molecule has 2 aromatic rings. The van der Waals surface area contributed by atoms with Gasteiger partial charge >= 0.3 is 0 Å². The molecule has 1 unspecified atom stereocenters. The second-order valence-corrected chi connectivity index (χ2v) is 5.55. The molecule has 1 heterocycles. The quantitative estimate of drug-likeness (QED) is 0.818. The van der Waals surface area contributed by atoms with Gasteiger partial charge in [0.1, 0.15) is 11.6 Å². The summed E-state index contributed by atoms with van der Waals surface area (Å²) >= 11 is 0. The Morgan fingerprint density at radius 1 is 1.19 bits per heavy atom. The smallest absolute Gasteiger partial charge is 0.133 e. The zero-order chi connectivity index (χ0) is 14.5. The Kier molecular flexibility index (Phi) is 4.46. The van der Waals surface area contributed by atoms with Crippen LogP contribution in [0.4, 0.5) is 5.82 Å². The number of nitrogens with zero attached hydrogens (tertiary/aromatic N) is 2. The standard InChI is InChI=1S/C17H21N3O/c21-12-4-7-15(13-5-2-1-3-6-13)19-16-10-11-18-17(20-16)14-8-9-14/h1-3,5-6,10-11,14-15,21H,4,7-9,12H2,(H,18,19,20). The molecule has 0 amide bonds. The zero-order valence-electron chi connectivity index (χ0n) is 12.1. The molecule has 4 heteroatoms. The number of hydrogen-bond donors (Lipinski definition) is 2. The van der Waals surface area contributed by atoms with Gasteiger partial charge in [-0.15, -0.1) is 0 Å². The van der Waals surface area contributed by atoms with Crippen molar-refractivity contribution in [2.75, 3.05) is 11.9 Å². The van der Waals surface area contributed by atoms with E-state index >= 15 is 0 Å². The first-order valence-electron chi connectivity index (χ1n) is 7.62. The molecule has 0 aliphatic heterocycles. The van der Waals surface area contributed by atoms with E-state index in [4.69, 9.17) is 5.11 Å². The van der Waals surface area contributed by atoms with Gasteiger partial charge in [0.05, 0.1) is 6.04 Å². The number of hydrogen-bond acceptors (Lipinski definition) is 4. The summed E-state index contributed by atoms with van der Waals surface area (Å²) in [5, 5.41) is 12.6. The summed E-state index contributed by atoms with van der Waals surface area (Å²) in [4.78, 5) is 8.98. The van der Waals surface area contributed by atoms with Crippen LogP contribution in [0.3, 0.4) is 0 Å². The van der Waals surface area contributed by atoms with Crippen LogP contribution >= 0.6 is 0 Å². The fraction of sp³-hybridized carbons (Fsp3) is 0.412. The molecule has 1 aromatic carbocycles. The number of rotatable bonds is 7. The summed E-state index contributed by atoms with van der Waals surface area (Å²) in [6, 6.07) is 12.4. The van der Waals surface area contributed by atoms with Crippen LogP contribution in [-0.4, -0.2) is 21.7 Å². The molecule has 2 N–H and O–H groups in total. The van der Waals surface area contributed by atoms with Gasteiger partial charge in [0.2, 0.25) is 0 Å². The van der Waals surface area contributed by atoms with Gasteiger partial charge in [0.15, 0.2) is 0 Å². The van der Waals surface area contributed by atoms with Gasteiger partial charge in [0, 0.05) is 18.7 Å². The van der Waals surface area contributed by atoms with Crippen molar-refractivity contribution in [1.29, 1.82) is 0 Å². The van der Waals surface area contributed by atoms with Crippen molar-refractivity contribution in [2.45, 2.75) is 37.6 Å². The van der Waals surface area contributed by atoms with E-state index in [-0.39, 0.29) is 12.6 Å². The highest BCUT2D eigenvalue weighted by Crippen LogP contribution is 2.38. The minimum absolute atomic E-state index is 0.167. The van der Waals surface area contributed by atoms with E-state index < -0.39 is 0 Å². The van der Waals surface area contributed by atoms with E-state index in [2.05, 4.69) is 27.4 Å². The SMILES string of the molecule is OCCCC(Nc1ccnc(C2CC2)n1)c1ccccc1. The normalized spacial score (nSPS) is 15.7. The fourth-order valence-electron chi connectivity index (χ4n) is 2.47. The van der Waals surface area contributed by atoms with Crippen molar-refractivity contribution in [3.05, 3.63) is 54.0 Å². The Morgan fingerprint density at radius 2 is 2.00 bits per heavy atom. The van der Waals surface area contributed by atoms with Gasteiger partial charge in [-0.25, -0.2) is 9.97 Å². The van der Waals surface area contributed by atoms with Gasteiger partial charge in [-0.2, -0.15) is 0 Å². The molecule has 21 heavy (non-hydrogen) atoms. The third kappa shape index (κ3) is 3.79. The van der Waals surface area contributed by atoms with Crippen LogP contribution in [0.5, 0.6) is 0 Å². The van der Waals surface area contributed by atoms with Crippen LogP contribution in [0.15, 0.2) is 42.6 Å². The van der Waals surface area contributed by atoms with Crippen LogP contribution in [0, 0.1) is 0 Å². The number of aromatic nitrogens is 2. The molecule has 1 atom stereocenters. The van der Waals surface area contributed by atoms with Crippen molar-refractivity contribution in [3.63, 3.8) is 0 Å². The zero-order valence-corrected chi connectivity index (χ0v) is 12.1. The molecule has 0 radical (unpaired) electrons. The van der Waals surface area contributed by atoms with E-state index in [1.165, 1.54) is 18.4 Å². The monoisotopic (exact) mass is 283 g/mol. The van der Waals surface area contributed by atoms with Crippen molar-refractivity contribution >= 4 is 5.82 Å². The Hall–Kier alpha value is -1.94. The van der Waals surface area contributed by atoms with E-state index in [0.717, 1.165) is 24.5 Å². The van der Waals surface area contributed by atoms with Crippen LogP contribution in [0.25, 0.3) is 0 Å². The van der Waals surface area contributed by atoms with Crippen LogP contribution in [0.1, 0.15) is 49.0 Å². The maximum absolute atomic E-state index is 9.10. The number of aliphatic hydroxyl groups excluding tert-OH is 1. The third-order valence-corrected chi connectivity index (χ3v) is 3.79. The molecule has 1 aliphatic rings. The fourth-order valence-corrected chi connectivity index (χ4v) is 2.47. The largest absolute Gasteiger partial charge is 0.396 e. The van der Waals surface area contributed by atoms with E-state index in [1.807, 2.05) is 30.5 Å². The molecule has 1 aromatic heterocycles. The second kappa shape index (κ2) is 6.68. The van der Waals surface area contributed by atoms with Crippen molar-refractivity contribution in [3.8, 4) is 0 Å². The molecule has 1 fully saturated rings. The van der Waals surface area contributed by atoms with E-state index in [0.29, 0.717) is 5.92 Å². The highest BCUT2D eigenvalue weighted by Gasteiger charge is 2.26. The first-order chi connectivity index (χ1) is 10.4. The van der Waals surface area contributed by atoms with E-state index in [1.54, 1.807) is 0 Å². The molecular formula is C17H21N3O. The van der Waals surface area contributed by atoms with Gasteiger partial charge in [0.25, 0.3) is 0 Å². The molecule has 1 saturated carbocycles. The summed E-state index contributed by atoms with van der Waals surface area (Å²) in [5.41, 5.74) is 1.22. The molecule has 4 nitrogen and oxygen atoms in total. The summed E-state index contributed by atoms with van der Waals surface area (Å²) in [6.07, 6.45) is 5.89. The number of nitrogens with one attached hydrogen (secondary N) is 1. The van der Waals surface area contributed by atoms with Crippen LogP contribution in [0.2, 0.25) is 0 Å². The summed E-state index contributed by atoms with van der Waals surface area (Å²) in [7, 11) is 0. The summed E-state index contributed by atoms with van der Waals surface area (Å²) in [6.45, 7) is 0.210. The molecular weight excluding hydrogens is 262 g/mol. The summed E-state index contributed by atoms with van der Waals surface area (Å²) in [5.74, 6) is 2.38. The number of aliphatic hydroxyl groups is 1. The van der Waals surface area contributed by atoms with Gasteiger partial charge in [-0.3, -0.25) is 0 Å². The lowest BCUT2D eigenvalue weighted by Crippen LogP contribution is -2.13. The number of benzene rings is 1. The third-order valence-electron chi connectivity index (χ3n) is 3.79. The van der Waals surface area contributed by atoms with Gasteiger partial charge in [-0.1, -0.05) is 30.3 Å². The van der Waals surface area contributed by atoms with Crippen LogP contribution in [-0.2, 0) is 0 Å².